The van der Waals surface area contributed by atoms with E-state index in [1.165, 1.54) is 11.8 Å². The van der Waals surface area contributed by atoms with Gasteiger partial charge in [-0.1, -0.05) is 11.8 Å². The van der Waals surface area contributed by atoms with Crippen molar-refractivity contribution in [1.29, 1.82) is 0 Å². The molecule has 0 amide bonds. The zero-order valence-corrected chi connectivity index (χ0v) is 19.7. The monoisotopic (exact) mass is 476 g/mol. The van der Waals surface area contributed by atoms with Crippen molar-refractivity contribution in [1.82, 2.24) is 14.8 Å². The van der Waals surface area contributed by atoms with Gasteiger partial charge in [-0.05, 0) is 55.5 Å². The molecular formula is C21H24N4O5S2. The zero-order valence-electron chi connectivity index (χ0n) is 18.1. The summed E-state index contributed by atoms with van der Waals surface area (Å²) < 4.78 is 37.7. The molecule has 1 heterocycles. The number of benzene rings is 2. The number of aromatic nitrogens is 3. The zero-order chi connectivity index (χ0) is 23.3. The Labute approximate surface area is 191 Å². The number of nitrogens with zero attached hydrogens (tertiary/aromatic N) is 3. The molecule has 32 heavy (non-hydrogen) atoms. The number of sulfonamides is 1. The molecule has 0 unspecified atom stereocenters. The number of anilines is 1. The van der Waals surface area contributed by atoms with Gasteiger partial charge in [0.1, 0.15) is 18.1 Å². The maximum Gasteiger partial charge on any atom is 0.229 e. The smallest absolute Gasteiger partial charge is 0.229 e. The van der Waals surface area contributed by atoms with E-state index in [1.54, 1.807) is 42.9 Å². The number of ether oxygens (including phenoxy) is 2. The number of hydrogen-bond donors (Lipinski definition) is 1. The summed E-state index contributed by atoms with van der Waals surface area (Å²) in [5.74, 6) is 1.95. The molecule has 0 spiro atoms. The van der Waals surface area contributed by atoms with Gasteiger partial charge in [-0.15, -0.1) is 10.2 Å². The largest absolute Gasteiger partial charge is 0.497 e. The molecule has 0 radical (unpaired) electrons. The van der Waals surface area contributed by atoms with Gasteiger partial charge in [-0.3, -0.25) is 9.52 Å². The van der Waals surface area contributed by atoms with Crippen LogP contribution in [-0.4, -0.2) is 47.6 Å². The van der Waals surface area contributed by atoms with Crippen LogP contribution in [0.1, 0.15) is 23.1 Å². The third kappa shape index (κ3) is 6.24. The standard InChI is InChI=1S/C21H24N4O5S2/c1-14(20(26)15-5-7-16(8-6-15)24-32(4,27)28)31-21-23-22-19(25(21)2)13-30-18-11-9-17(29-3)10-12-18/h5-12,14,24H,13H2,1-4H3/t14-/m1/s1. The molecule has 0 aliphatic rings. The summed E-state index contributed by atoms with van der Waals surface area (Å²) in [6.45, 7) is 2.02. The topological polar surface area (TPSA) is 112 Å². The molecule has 0 saturated carbocycles. The van der Waals surface area contributed by atoms with Gasteiger partial charge in [0.05, 0.1) is 18.6 Å². The molecule has 9 nitrogen and oxygen atoms in total. The normalized spacial score (nSPS) is 12.2. The summed E-state index contributed by atoms with van der Waals surface area (Å²) >= 11 is 1.29. The Balaban J connectivity index is 1.60. The number of carbonyl (C=O) groups is 1. The van der Waals surface area contributed by atoms with Crippen molar-refractivity contribution in [3.8, 4) is 11.5 Å². The first-order valence-electron chi connectivity index (χ1n) is 9.60. The highest BCUT2D eigenvalue weighted by Gasteiger charge is 2.20. The molecule has 3 aromatic rings. The molecule has 1 atom stereocenters. The Morgan fingerprint density at radius 2 is 1.72 bits per heavy atom. The highest BCUT2D eigenvalue weighted by molar-refractivity contribution is 8.00. The summed E-state index contributed by atoms with van der Waals surface area (Å²) in [6, 6.07) is 13.5. The van der Waals surface area contributed by atoms with Crippen LogP contribution in [0.2, 0.25) is 0 Å². The molecule has 1 N–H and O–H groups in total. The fraction of sp³-hybridized carbons (Fsp3) is 0.286. The third-order valence-electron chi connectivity index (χ3n) is 4.48. The third-order valence-corrected chi connectivity index (χ3v) is 6.22. The van der Waals surface area contributed by atoms with Crippen molar-refractivity contribution in [2.45, 2.75) is 23.9 Å². The van der Waals surface area contributed by atoms with Crippen molar-refractivity contribution in [2.75, 3.05) is 18.1 Å². The second kappa shape index (κ2) is 10.0. The van der Waals surface area contributed by atoms with Crippen LogP contribution in [0.25, 0.3) is 0 Å². The highest BCUT2D eigenvalue weighted by Crippen LogP contribution is 2.25. The maximum absolute atomic E-state index is 12.8. The maximum atomic E-state index is 12.8. The lowest BCUT2D eigenvalue weighted by molar-refractivity contribution is 0.0994. The first-order chi connectivity index (χ1) is 15.2. The molecule has 170 valence electrons. The van der Waals surface area contributed by atoms with E-state index >= 15 is 0 Å². The molecule has 0 fully saturated rings. The van der Waals surface area contributed by atoms with Gasteiger partial charge in [0.15, 0.2) is 16.8 Å². The fourth-order valence-electron chi connectivity index (χ4n) is 2.76. The van der Waals surface area contributed by atoms with E-state index in [4.69, 9.17) is 9.47 Å². The molecule has 0 saturated heterocycles. The van der Waals surface area contributed by atoms with E-state index in [0.29, 0.717) is 28.0 Å². The van der Waals surface area contributed by atoms with Crippen LogP contribution in [0.15, 0.2) is 53.7 Å². The van der Waals surface area contributed by atoms with Gasteiger partial charge in [0.25, 0.3) is 0 Å². The Morgan fingerprint density at radius 1 is 1.09 bits per heavy atom. The van der Waals surface area contributed by atoms with Crippen molar-refractivity contribution in [3.63, 3.8) is 0 Å². The highest BCUT2D eigenvalue weighted by atomic mass is 32.2. The summed E-state index contributed by atoms with van der Waals surface area (Å²) in [6.07, 6.45) is 1.07. The van der Waals surface area contributed by atoms with Gasteiger partial charge >= 0.3 is 0 Å². The molecule has 0 aliphatic heterocycles. The Hall–Kier alpha value is -3.05. The molecule has 2 aromatic carbocycles. The van der Waals surface area contributed by atoms with Crippen molar-refractivity contribution in [3.05, 3.63) is 59.9 Å². The predicted octanol–water partition coefficient (Wildman–Crippen LogP) is 3.14. The van der Waals surface area contributed by atoms with Crippen LogP contribution in [0, 0.1) is 0 Å². The van der Waals surface area contributed by atoms with E-state index in [-0.39, 0.29) is 12.4 Å². The van der Waals surface area contributed by atoms with Crippen LogP contribution >= 0.6 is 11.8 Å². The number of carbonyl (C=O) groups excluding carboxylic acids is 1. The number of methoxy groups -OCH3 is 1. The average molecular weight is 477 g/mol. The van der Waals surface area contributed by atoms with E-state index in [2.05, 4.69) is 14.9 Å². The van der Waals surface area contributed by atoms with E-state index in [9.17, 15) is 13.2 Å². The molecule has 11 heteroatoms. The number of rotatable bonds is 10. The quantitative estimate of drug-likeness (QED) is 0.351. The van der Waals surface area contributed by atoms with Crippen LogP contribution in [-0.2, 0) is 23.7 Å². The lowest BCUT2D eigenvalue weighted by atomic mass is 10.1. The second-order valence-electron chi connectivity index (χ2n) is 7.00. The molecule has 0 bridgehead atoms. The molecule has 3 rings (SSSR count). The van der Waals surface area contributed by atoms with Gasteiger partial charge in [-0.25, -0.2) is 8.42 Å². The molecule has 1 aromatic heterocycles. The van der Waals surface area contributed by atoms with Crippen LogP contribution in [0.5, 0.6) is 11.5 Å². The minimum absolute atomic E-state index is 0.0973. The van der Waals surface area contributed by atoms with Gasteiger partial charge in [0.2, 0.25) is 10.0 Å². The van der Waals surface area contributed by atoms with Crippen LogP contribution in [0.4, 0.5) is 5.69 Å². The number of nitrogens with one attached hydrogen (secondary N) is 1. The molecular weight excluding hydrogens is 452 g/mol. The van der Waals surface area contributed by atoms with Crippen LogP contribution in [0.3, 0.4) is 0 Å². The summed E-state index contributed by atoms with van der Waals surface area (Å²) in [7, 11) is 0.0517. The van der Waals surface area contributed by atoms with Gasteiger partial charge in [-0.2, -0.15) is 0 Å². The Bertz CT molecular complexity index is 1180. The van der Waals surface area contributed by atoms with E-state index in [0.717, 1.165) is 12.0 Å². The Kier molecular flexibility index (Phi) is 7.41. The fourth-order valence-corrected chi connectivity index (χ4v) is 4.23. The van der Waals surface area contributed by atoms with Crippen molar-refractivity contribution >= 4 is 33.3 Å². The average Bonchev–Trinajstić information content (AvgIpc) is 3.10. The minimum atomic E-state index is -3.37. The number of ketones is 1. The lowest BCUT2D eigenvalue weighted by Crippen LogP contribution is -2.15. The lowest BCUT2D eigenvalue weighted by Gasteiger charge is -2.11. The van der Waals surface area contributed by atoms with E-state index < -0.39 is 15.3 Å². The first-order valence-corrected chi connectivity index (χ1v) is 12.4. The van der Waals surface area contributed by atoms with Gasteiger partial charge < -0.3 is 14.0 Å². The number of hydrogen-bond acceptors (Lipinski definition) is 8. The van der Waals surface area contributed by atoms with Crippen molar-refractivity contribution in [2.24, 2.45) is 7.05 Å². The number of thioether (sulfide) groups is 1. The van der Waals surface area contributed by atoms with Gasteiger partial charge in [0, 0.05) is 18.3 Å². The summed E-state index contributed by atoms with van der Waals surface area (Å²) in [5, 5.41) is 8.51. The molecule has 0 aliphatic carbocycles. The number of Topliss-reactive ketones (excluding diaryl/α,β-unsaturated/α-hetero) is 1. The van der Waals surface area contributed by atoms with Crippen LogP contribution < -0.4 is 14.2 Å². The van der Waals surface area contributed by atoms with Crippen molar-refractivity contribution < 1.29 is 22.7 Å². The first kappa shape index (κ1) is 23.6. The SMILES string of the molecule is COc1ccc(OCc2nnc(S[C@H](C)C(=O)c3ccc(NS(C)(=O)=O)cc3)n2C)cc1. The predicted molar refractivity (Wildman–Crippen MR) is 123 cm³/mol. The minimum Gasteiger partial charge on any atom is -0.497 e. The Morgan fingerprint density at radius 3 is 2.31 bits per heavy atom. The second-order valence-corrected chi connectivity index (χ2v) is 10.1. The van der Waals surface area contributed by atoms with E-state index in [1.807, 2.05) is 31.3 Å². The summed E-state index contributed by atoms with van der Waals surface area (Å²) in [4.78, 5) is 12.8. The summed E-state index contributed by atoms with van der Waals surface area (Å²) in [5.41, 5.74) is 0.883.